The Morgan fingerprint density at radius 3 is 2.42 bits per heavy atom. The maximum Gasteiger partial charge on any atom is 0.303 e. The number of carbonyl (C=O) groups excluding carboxylic acids is 1. The number of benzene rings is 3. The van der Waals surface area contributed by atoms with E-state index in [1.165, 1.54) is 0 Å². The van der Waals surface area contributed by atoms with Gasteiger partial charge in [0.1, 0.15) is 11.5 Å². The number of carboxylic acids is 1. The highest BCUT2D eigenvalue weighted by molar-refractivity contribution is 6.03. The van der Waals surface area contributed by atoms with Crippen molar-refractivity contribution in [2.75, 3.05) is 31.7 Å². The number of aryl methyl sites for hydroxylation is 1. The number of hydrogen-bond acceptors (Lipinski definition) is 5. The molecule has 0 aromatic heterocycles. The zero-order valence-electron chi connectivity index (χ0n) is 23.5. The van der Waals surface area contributed by atoms with Gasteiger partial charge >= 0.3 is 5.97 Å². The molecule has 1 N–H and O–H groups in total. The van der Waals surface area contributed by atoms with E-state index in [9.17, 15) is 14.7 Å². The van der Waals surface area contributed by atoms with E-state index < -0.39 is 5.97 Å². The summed E-state index contributed by atoms with van der Waals surface area (Å²) >= 11 is 0. The van der Waals surface area contributed by atoms with Gasteiger partial charge in [0.2, 0.25) is 0 Å². The standard InChI is InChI=1S/C34H39NO5/c1-23-6-3-4-7-26(23)19-33(36)30-13-12-28(39-2)20-32(30)35-16-14-24(15-17-35)22-40-29-9-5-8-27(18-29)31(21-34(37)38)25-10-11-25/h3-9,12-13,18,20,24-25,31H,10-11,14-17,19,21-22H2,1-2H3,(H,37,38). The lowest BCUT2D eigenvalue weighted by Gasteiger charge is -2.34. The van der Waals surface area contributed by atoms with Gasteiger partial charge in [-0.3, -0.25) is 9.59 Å². The summed E-state index contributed by atoms with van der Waals surface area (Å²) in [5, 5.41) is 9.36. The number of anilines is 1. The Labute approximate surface area is 236 Å². The topological polar surface area (TPSA) is 76.1 Å². The number of piperidine rings is 1. The van der Waals surface area contributed by atoms with E-state index in [-0.39, 0.29) is 18.1 Å². The smallest absolute Gasteiger partial charge is 0.303 e. The molecular formula is C34H39NO5. The van der Waals surface area contributed by atoms with Gasteiger partial charge in [-0.2, -0.15) is 0 Å². The Balaban J connectivity index is 1.21. The Morgan fingerprint density at radius 1 is 0.950 bits per heavy atom. The second-order valence-corrected chi connectivity index (χ2v) is 11.3. The average molecular weight is 542 g/mol. The summed E-state index contributed by atoms with van der Waals surface area (Å²) in [4.78, 5) is 27.1. The fraction of sp³-hybridized carbons (Fsp3) is 0.412. The summed E-state index contributed by atoms with van der Waals surface area (Å²) < 4.78 is 11.7. The number of ether oxygens (including phenoxy) is 2. The molecule has 1 saturated heterocycles. The van der Waals surface area contributed by atoms with E-state index in [1.807, 2.05) is 73.7 Å². The Bertz CT molecular complexity index is 1340. The van der Waals surface area contributed by atoms with Gasteiger partial charge in [0.05, 0.1) is 25.8 Å². The molecule has 1 aliphatic carbocycles. The van der Waals surface area contributed by atoms with Crippen molar-refractivity contribution in [1.29, 1.82) is 0 Å². The predicted molar refractivity (Wildman–Crippen MR) is 157 cm³/mol. The zero-order valence-corrected chi connectivity index (χ0v) is 23.5. The average Bonchev–Trinajstić information content (AvgIpc) is 3.81. The van der Waals surface area contributed by atoms with Crippen molar-refractivity contribution in [2.24, 2.45) is 11.8 Å². The number of hydrogen-bond donors (Lipinski definition) is 1. The van der Waals surface area contributed by atoms with E-state index in [0.717, 1.165) is 78.2 Å². The highest BCUT2D eigenvalue weighted by atomic mass is 16.5. The van der Waals surface area contributed by atoms with Crippen molar-refractivity contribution in [3.63, 3.8) is 0 Å². The van der Waals surface area contributed by atoms with Crippen LogP contribution in [0.1, 0.15) is 65.1 Å². The van der Waals surface area contributed by atoms with Gasteiger partial charge in [-0.25, -0.2) is 0 Å². The minimum atomic E-state index is -0.744. The van der Waals surface area contributed by atoms with Crippen LogP contribution in [-0.4, -0.2) is 43.7 Å². The van der Waals surface area contributed by atoms with Crippen molar-refractivity contribution in [3.05, 3.63) is 89.0 Å². The zero-order chi connectivity index (χ0) is 28.1. The SMILES string of the molecule is COc1ccc(C(=O)Cc2ccccc2C)c(N2CCC(COc3cccc(C(CC(=O)O)C4CC4)c3)CC2)c1. The molecule has 40 heavy (non-hydrogen) atoms. The molecule has 1 unspecified atom stereocenters. The monoisotopic (exact) mass is 541 g/mol. The largest absolute Gasteiger partial charge is 0.497 e. The van der Waals surface area contributed by atoms with Crippen LogP contribution in [0.15, 0.2) is 66.7 Å². The Hall–Kier alpha value is -3.80. The number of methoxy groups -OCH3 is 1. The normalized spacial score (nSPS) is 16.4. The van der Waals surface area contributed by atoms with Crippen LogP contribution in [0.5, 0.6) is 11.5 Å². The van der Waals surface area contributed by atoms with Crippen LogP contribution in [0.4, 0.5) is 5.69 Å². The molecule has 0 amide bonds. The number of aliphatic carboxylic acids is 1. The van der Waals surface area contributed by atoms with Gasteiger partial charge in [0, 0.05) is 31.1 Å². The number of carboxylic acid groups (broad SMARTS) is 1. The van der Waals surface area contributed by atoms with Gasteiger partial charge in [-0.1, -0.05) is 36.4 Å². The number of ketones is 1. The van der Waals surface area contributed by atoms with Crippen LogP contribution in [0.3, 0.4) is 0 Å². The number of nitrogens with zero attached hydrogens (tertiary/aromatic N) is 1. The number of rotatable bonds is 12. The highest BCUT2D eigenvalue weighted by Crippen LogP contribution is 2.45. The first-order valence-electron chi connectivity index (χ1n) is 14.4. The van der Waals surface area contributed by atoms with Gasteiger partial charge in [-0.15, -0.1) is 0 Å². The van der Waals surface area contributed by atoms with Crippen LogP contribution in [0.25, 0.3) is 0 Å². The van der Waals surface area contributed by atoms with Gasteiger partial charge in [0.15, 0.2) is 5.78 Å². The lowest BCUT2D eigenvalue weighted by atomic mass is 9.91. The third-order valence-electron chi connectivity index (χ3n) is 8.43. The van der Waals surface area contributed by atoms with E-state index in [4.69, 9.17) is 9.47 Å². The third-order valence-corrected chi connectivity index (χ3v) is 8.43. The molecule has 2 aliphatic rings. The lowest BCUT2D eigenvalue weighted by molar-refractivity contribution is -0.137. The molecule has 6 nitrogen and oxygen atoms in total. The van der Waals surface area contributed by atoms with Crippen molar-refractivity contribution < 1.29 is 24.2 Å². The fourth-order valence-corrected chi connectivity index (χ4v) is 5.85. The lowest BCUT2D eigenvalue weighted by Crippen LogP contribution is -2.36. The van der Waals surface area contributed by atoms with Crippen molar-refractivity contribution in [3.8, 4) is 11.5 Å². The number of Topliss-reactive ketones (excluding diaryl/α,β-unsaturated/α-hetero) is 1. The summed E-state index contributed by atoms with van der Waals surface area (Å²) in [6, 6.07) is 21.8. The van der Waals surface area contributed by atoms with E-state index in [1.54, 1.807) is 7.11 Å². The highest BCUT2D eigenvalue weighted by Gasteiger charge is 2.34. The van der Waals surface area contributed by atoms with E-state index >= 15 is 0 Å². The minimum Gasteiger partial charge on any atom is -0.497 e. The Kier molecular flexibility index (Phi) is 8.73. The van der Waals surface area contributed by atoms with E-state index in [0.29, 0.717) is 24.9 Å². The summed E-state index contributed by atoms with van der Waals surface area (Å²) in [5.74, 6) is 1.88. The summed E-state index contributed by atoms with van der Waals surface area (Å²) in [7, 11) is 1.65. The quantitative estimate of drug-likeness (QED) is 0.257. The number of carbonyl (C=O) groups is 2. The first-order valence-corrected chi connectivity index (χ1v) is 14.4. The van der Waals surface area contributed by atoms with Gasteiger partial charge in [0.25, 0.3) is 0 Å². The molecule has 0 spiro atoms. The summed E-state index contributed by atoms with van der Waals surface area (Å²) in [5.41, 5.74) is 4.93. The second kappa shape index (κ2) is 12.6. The minimum absolute atomic E-state index is 0.0647. The van der Waals surface area contributed by atoms with Gasteiger partial charge in [-0.05, 0) is 91.3 Å². The molecular weight excluding hydrogens is 502 g/mol. The van der Waals surface area contributed by atoms with Crippen LogP contribution in [-0.2, 0) is 11.2 Å². The molecule has 0 bridgehead atoms. The first-order chi connectivity index (χ1) is 19.4. The van der Waals surface area contributed by atoms with Crippen LogP contribution in [0, 0.1) is 18.8 Å². The molecule has 1 saturated carbocycles. The molecule has 2 fully saturated rings. The first kappa shape index (κ1) is 27.8. The summed E-state index contributed by atoms with van der Waals surface area (Å²) in [6.07, 6.45) is 4.69. The molecule has 1 heterocycles. The molecule has 6 heteroatoms. The van der Waals surface area contributed by atoms with Crippen LogP contribution in [0.2, 0.25) is 0 Å². The molecule has 1 atom stereocenters. The van der Waals surface area contributed by atoms with Crippen molar-refractivity contribution in [2.45, 2.75) is 51.4 Å². The molecule has 3 aromatic rings. The molecule has 5 rings (SSSR count). The fourth-order valence-electron chi connectivity index (χ4n) is 5.85. The Morgan fingerprint density at radius 2 is 1.73 bits per heavy atom. The van der Waals surface area contributed by atoms with Crippen molar-refractivity contribution >= 4 is 17.4 Å². The molecule has 1 aliphatic heterocycles. The molecule has 210 valence electrons. The van der Waals surface area contributed by atoms with E-state index in [2.05, 4.69) is 4.90 Å². The second-order valence-electron chi connectivity index (χ2n) is 11.3. The summed E-state index contributed by atoms with van der Waals surface area (Å²) in [6.45, 7) is 4.35. The third kappa shape index (κ3) is 6.85. The van der Waals surface area contributed by atoms with Crippen LogP contribution >= 0.6 is 0 Å². The van der Waals surface area contributed by atoms with Gasteiger partial charge < -0.3 is 19.5 Å². The van der Waals surface area contributed by atoms with Crippen LogP contribution < -0.4 is 14.4 Å². The molecule has 3 aromatic carbocycles. The van der Waals surface area contributed by atoms with Crippen molar-refractivity contribution in [1.82, 2.24) is 0 Å². The molecule has 0 radical (unpaired) electrons. The maximum absolute atomic E-state index is 13.4. The predicted octanol–water partition coefficient (Wildman–Crippen LogP) is 6.69. The maximum atomic E-state index is 13.4.